The quantitative estimate of drug-likeness (QED) is 0.897. The second-order valence-electron chi connectivity index (χ2n) is 7.07. The maximum Gasteiger partial charge on any atom is 0.0396 e. The van der Waals surface area contributed by atoms with Crippen molar-refractivity contribution in [3.63, 3.8) is 0 Å². The molecule has 0 aliphatic carbocycles. The summed E-state index contributed by atoms with van der Waals surface area (Å²) in [6, 6.07) is 6.94. The van der Waals surface area contributed by atoms with Crippen molar-refractivity contribution in [1.82, 2.24) is 5.32 Å². The average molecular weight is 307 g/mol. The Hall–Kier alpha value is -0.670. The fourth-order valence-electron chi connectivity index (χ4n) is 2.73. The van der Waals surface area contributed by atoms with Crippen LogP contribution in [-0.4, -0.2) is 29.6 Å². The van der Waals surface area contributed by atoms with E-state index in [-0.39, 0.29) is 5.54 Å². The van der Waals surface area contributed by atoms with Crippen molar-refractivity contribution in [3.8, 4) is 0 Å². The maximum atomic E-state index is 3.56. The first kappa shape index (κ1) is 16.7. The molecule has 0 radical (unpaired) electrons. The van der Waals surface area contributed by atoms with Crippen LogP contribution in [0.2, 0.25) is 0 Å². The van der Waals surface area contributed by atoms with Gasteiger partial charge in [-0.25, -0.2) is 0 Å². The van der Waals surface area contributed by atoms with Crippen LogP contribution in [0.5, 0.6) is 0 Å². The molecule has 0 amide bonds. The number of hydrogen-bond acceptors (Lipinski definition) is 3. The molecule has 0 spiro atoms. The van der Waals surface area contributed by atoms with Gasteiger partial charge in [0.05, 0.1) is 0 Å². The minimum absolute atomic E-state index is 0.172. The summed E-state index contributed by atoms with van der Waals surface area (Å²) in [6.45, 7) is 14.5. The lowest BCUT2D eigenvalue weighted by atomic mass is 10.1. The standard InChI is InChI=1S/C18H30N2S/c1-6-16-13-20(9-10-21-16)17-8-7-15(11-14(17)2)12-19-18(3,4)5/h7-8,11,16,19H,6,9-10,12-13H2,1-5H3. The van der Waals surface area contributed by atoms with Gasteiger partial charge in [-0.2, -0.15) is 11.8 Å². The number of benzene rings is 1. The van der Waals surface area contributed by atoms with Crippen LogP contribution in [0.3, 0.4) is 0 Å². The number of aryl methyl sites for hydroxylation is 1. The summed E-state index contributed by atoms with van der Waals surface area (Å²) in [5, 5.41) is 4.36. The molecule has 1 N–H and O–H groups in total. The summed E-state index contributed by atoms with van der Waals surface area (Å²) in [7, 11) is 0. The molecular weight excluding hydrogens is 276 g/mol. The molecule has 118 valence electrons. The molecule has 0 bridgehead atoms. The van der Waals surface area contributed by atoms with E-state index in [9.17, 15) is 0 Å². The summed E-state index contributed by atoms with van der Waals surface area (Å²) in [4.78, 5) is 2.57. The Morgan fingerprint density at radius 1 is 1.33 bits per heavy atom. The number of nitrogens with zero attached hydrogens (tertiary/aromatic N) is 1. The molecule has 1 aliphatic heterocycles. The van der Waals surface area contributed by atoms with E-state index in [1.165, 1.54) is 42.1 Å². The summed E-state index contributed by atoms with van der Waals surface area (Å²) in [5.74, 6) is 1.26. The molecule has 1 fully saturated rings. The van der Waals surface area contributed by atoms with E-state index in [4.69, 9.17) is 0 Å². The molecular formula is C18H30N2S. The second-order valence-corrected chi connectivity index (χ2v) is 8.48. The number of thioether (sulfide) groups is 1. The molecule has 2 rings (SSSR count). The van der Waals surface area contributed by atoms with Crippen LogP contribution in [0.4, 0.5) is 5.69 Å². The number of nitrogens with one attached hydrogen (secondary N) is 1. The van der Waals surface area contributed by atoms with E-state index >= 15 is 0 Å². The lowest BCUT2D eigenvalue weighted by molar-refractivity contribution is 0.424. The van der Waals surface area contributed by atoms with E-state index < -0.39 is 0 Å². The molecule has 2 nitrogen and oxygen atoms in total. The molecule has 1 aliphatic rings. The van der Waals surface area contributed by atoms with Crippen LogP contribution in [0.15, 0.2) is 18.2 Å². The highest BCUT2D eigenvalue weighted by molar-refractivity contribution is 8.00. The predicted molar refractivity (Wildman–Crippen MR) is 96.5 cm³/mol. The predicted octanol–water partition coefficient (Wildman–Crippen LogP) is 4.21. The van der Waals surface area contributed by atoms with Crippen LogP contribution in [-0.2, 0) is 6.54 Å². The zero-order chi connectivity index (χ0) is 15.5. The molecule has 1 saturated heterocycles. The van der Waals surface area contributed by atoms with Crippen LogP contribution >= 0.6 is 11.8 Å². The summed E-state index contributed by atoms with van der Waals surface area (Å²) < 4.78 is 0. The van der Waals surface area contributed by atoms with Crippen molar-refractivity contribution in [2.45, 2.75) is 58.4 Å². The van der Waals surface area contributed by atoms with Gasteiger partial charge < -0.3 is 10.2 Å². The molecule has 1 aromatic rings. The van der Waals surface area contributed by atoms with Gasteiger partial charge in [-0.1, -0.05) is 19.1 Å². The van der Waals surface area contributed by atoms with E-state index in [0.717, 1.165) is 11.8 Å². The van der Waals surface area contributed by atoms with E-state index in [1.54, 1.807) is 0 Å². The third kappa shape index (κ3) is 4.93. The van der Waals surface area contributed by atoms with Gasteiger partial charge in [-0.3, -0.25) is 0 Å². The van der Waals surface area contributed by atoms with E-state index in [1.807, 2.05) is 0 Å². The maximum absolute atomic E-state index is 3.56. The van der Waals surface area contributed by atoms with Crippen molar-refractivity contribution < 1.29 is 0 Å². The smallest absolute Gasteiger partial charge is 0.0396 e. The zero-order valence-corrected chi connectivity index (χ0v) is 15.0. The summed E-state index contributed by atoms with van der Waals surface area (Å²) >= 11 is 2.13. The van der Waals surface area contributed by atoms with Gasteiger partial charge in [-0.15, -0.1) is 0 Å². The van der Waals surface area contributed by atoms with E-state index in [2.05, 4.69) is 74.8 Å². The number of anilines is 1. The average Bonchev–Trinajstić information content (AvgIpc) is 2.44. The third-order valence-electron chi connectivity index (χ3n) is 4.02. The minimum Gasteiger partial charge on any atom is -0.369 e. The molecule has 1 unspecified atom stereocenters. The highest BCUT2D eigenvalue weighted by atomic mass is 32.2. The fourth-order valence-corrected chi connectivity index (χ4v) is 3.91. The van der Waals surface area contributed by atoms with Crippen molar-refractivity contribution in [1.29, 1.82) is 0 Å². The zero-order valence-electron chi connectivity index (χ0n) is 14.2. The fraction of sp³-hybridized carbons (Fsp3) is 0.667. The van der Waals surface area contributed by atoms with Crippen molar-refractivity contribution in [2.75, 3.05) is 23.7 Å². The first-order valence-corrected chi connectivity index (χ1v) is 9.15. The largest absolute Gasteiger partial charge is 0.369 e. The van der Waals surface area contributed by atoms with Crippen molar-refractivity contribution in [3.05, 3.63) is 29.3 Å². The van der Waals surface area contributed by atoms with Crippen molar-refractivity contribution in [2.24, 2.45) is 0 Å². The van der Waals surface area contributed by atoms with Crippen LogP contribution < -0.4 is 10.2 Å². The normalized spacial score (nSPS) is 19.9. The van der Waals surface area contributed by atoms with E-state index in [0.29, 0.717) is 0 Å². The lowest BCUT2D eigenvalue weighted by Crippen LogP contribution is -2.38. The van der Waals surface area contributed by atoms with Gasteiger partial charge in [0, 0.05) is 41.9 Å². The Balaban J connectivity index is 2.05. The summed E-state index contributed by atoms with van der Waals surface area (Å²) in [5.41, 5.74) is 4.38. The van der Waals surface area contributed by atoms with Crippen LogP contribution in [0.1, 0.15) is 45.2 Å². The van der Waals surface area contributed by atoms with Crippen LogP contribution in [0.25, 0.3) is 0 Å². The lowest BCUT2D eigenvalue weighted by Gasteiger charge is -2.34. The Kier molecular flexibility index (Phi) is 5.61. The SMILES string of the molecule is CCC1CN(c2ccc(CNC(C)(C)C)cc2C)CCS1. The molecule has 3 heteroatoms. The summed E-state index contributed by atoms with van der Waals surface area (Å²) in [6.07, 6.45) is 1.27. The Bertz CT molecular complexity index is 465. The van der Waals surface area contributed by atoms with Gasteiger partial charge in [0.2, 0.25) is 0 Å². The van der Waals surface area contributed by atoms with Gasteiger partial charge in [0.15, 0.2) is 0 Å². The third-order valence-corrected chi connectivity index (χ3v) is 5.39. The van der Waals surface area contributed by atoms with Gasteiger partial charge >= 0.3 is 0 Å². The molecule has 1 heterocycles. The molecule has 0 saturated carbocycles. The number of hydrogen-bond donors (Lipinski definition) is 1. The van der Waals surface area contributed by atoms with Gasteiger partial charge in [0.1, 0.15) is 0 Å². The number of rotatable bonds is 4. The Morgan fingerprint density at radius 3 is 2.71 bits per heavy atom. The highest BCUT2D eigenvalue weighted by Gasteiger charge is 2.20. The topological polar surface area (TPSA) is 15.3 Å². The van der Waals surface area contributed by atoms with Crippen molar-refractivity contribution >= 4 is 17.4 Å². The minimum atomic E-state index is 0.172. The first-order valence-electron chi connectivity index (χ1n) is 8.10. The molecule has 1 atom stereocenters. The Morgan fingerprint density at radius 2 is 2.10 bits per heavy atom. The first-order chi connectivity index (χ1) is 9.89. The Labute approximate surface area is 134 Å². The van der Waals surface area contributed by atoms with Gasteiger partial charge in [-0.05, 0) is 51.3 Å². The molecule has 1 aromatic carbocycles. The monoisotopic (exact) mass is 306 g/mol. The van der Waals surface area contributed by atoms with Gasteiger partial charge in [0.25, 0.3) is 0 Å². The highest BCUT2D eigenvalue weighted by Crippen LogP contribution is 2.28. The molecule has 0 aromatic heterocycles. The second kappa shape index (κ2) is 7.06. The molecule has 21 heavy (non-hydrogen) atoms. The van der Waals surface area contributed by atoms with Crippen LogP contribution in [0, 0.1) is 6.92 Å².